The van der Waals surface area contributed by atoms with Gasteiger partial charge in [-0.3, -0.25) is 4.79 Å². The zero-order valence-corrected chi connectivity index (χ0v) is 13.6. The monoisotopic (exact) mass is 339 g/mol. The Morgan fingerprint density at radius 2 is 1.79 bits per heavy atom. The number of rotatable bonds is 2. The summed E-state index contributed by atoms with van der Waals surface area (Å²) in [6.45, 7) is 6.52. The minimum atomic E-state index is -4.76. The molecule has 1 saturated heterocycles. The van der Waals surface area contributed by atoms with Crippen LogP contribution in [0, 0.1) is 11.3 Å². The quantitative estimate of drug-likeness (QED) is 0.774. The highest BCUT2D eigenvalue weighted by Gasteiger charge is 2.53. The standard InChI is InChI=1S/C16H16F3N3O2/c1-9(2)22-14(24)21(13(23)15(22,3)4)11-6-5-10(8-20)12(7-11)16(17,18)19/h5-7,9H,1-4H3. The number of imide groups is 1. The van der Waals surface area contributed by atoms with E-state index in [1.54, 1.807) is 27.7 Å². The van der Waals surface area contributed by atoms with Crippen LogP contribution in [0.25, 0.3) is 0 Å². The van der Waals surface area contributed by atoms with Gasteiger partial charge >= 0.3 is 12.2 Å². The van der Waals surface area contributed by atoms with Gasteiger partial charge in [0.05, 0.1) is 22.9 Å². The summed E-state index contributed by atoms with van der Waals surface area (Å²) in [5.74, 6) is -0.612. The summed E-state index contributed by atoms with van der Waals surface area (Å²) in [4.78, 5) is 27.2. The molecule has 3 amide bonds. The lowest BCUT2D eigenvalue weighted by Gasteiger charge is -2.31. The number of hydrogen-bond donors (Lipinski definition) is 0. The average molecular weight is 339 g/mol. The number of carbonyl (C=O) groups is 2. The molecule has 8 heteroatoms. The molecule has 1 aromatic rings. The molecule has 1 fully saturated rings. The van der Waals surface area contributed by atoms with Gasteiger partial charge in [0.1, 0.15) is 5.54 Å². The van der Waals surface area contributed by atoms with Crippen LogP contribution in [-0.2, 0) is 11.0 Å². The van der Waals surface area contributed by atoms with Crippen molar-refractivity contribution in [2.75, 3.05) is 4.90 Å². The highest BCUT2D eigenvalue weighted by Crippen LogP contribution is 2.38. The molecule has 1 heterocycles. The minimum Gasteiger partial charge on any atom is -0.307 e. The topological polar surface area (TPSA) is 64.4 Å². The highest BCUT2D eigenvalue weighted by molar-refractivity contribution is 6.23. The molecule has 0 N–H and O–H groups in total. The molecule has 0 aliphatic carbocycles. The number of halogens is 3. The van der Waals surface area contributed by atoms with E-state index in [1.807, 2.05) is 0 Å². The number of amides is 3. The molecule has 0 spiro atoms. The zero-order valence-electron chi connectivity index (χ0n) is 13.6. The van der Waals surface area contributed by atoms with Gasteiger partial charge in [0.2, 0.25) is 0 Å². The van der Waals surface area contributed by atoms with Crippen LogP contribution in [0.15, 0.2) is 18.2 Å². The summed E-state index contributed by atoms with van der Waals surface area (Å²) >= 11 is 0. The van der Waals surface area contributed by atoms with E-state index >= 15 is 0 Å². The van der Waals surface area contributed by atoms with Crippen LogP contribution in [0.4, 0.5) is 23.7 Å². The van der Waals surface area contributed by atoms with Crippen LogP contribution in [0.3, 0.4) is 0 Å². The lowest BCUT2D eigenvalue weighted by molar-refractivity contribution is -0.137. The zero-order chi connectivity index (χ0) is 18.4. The van der Waals surface area contributed by atoms with Gasteiger partial charge in [-0.2, -0.15) is 18.4 Å². The maximum atomic E-state index is 13.1. The summed E-state index contributed by atoms with van der Waals surface area (Å²) in [7, 11) is 0. The van der Waals surface area contributed by atoms with E-state index in [9.17, 15) is 22.8 Å². The van der Waals surface area contributed by atoms with Gasteiger partial charge in [0.25, 0.3) is 5.91 Å². The fourth-order valence-electron chi connectivity index (χ4n) is 2.91. The maximum Gasteiger partial charge on any atom is 0.417 e. The predicted octanol–water partition coefficient (Wildman–Crippen LogP) is 3.53. The third-order valence-corrected chi connectivity index (χ3v) is 3.93. The molecule has 24 heavy (non-hydrogen) atoms. The predicted molar refractivity (Wildman–Crippen MR) is 80.1 cm³/mol. The molecule has 5 nitrogen and oxygen atoms in total. The molecule has 0 aromatic heterocycles. The van der Waals surface area contributed by atoms with Crippen LogP contribution >= 0.6 is 0 Å². The normalized spacial score (nSPS) is 17.6. The van der Waals surface area contributed by atoms with Crippen LogP contribution in [0.2, 0.25) is 0 Å². The van der Waals surface area contributed by atoms with Crippen molar-refractivity contribution in [3.63, 3.8) is 0 Å². The molecule has 0 atom stereocenters. The number of nitrogens with zero attached hydrogens (tertiary/aromatic N) is 3. The Kier molecular flexibility index (Phi) is 4.08. The van der Waals surface area contributed by atoms with E-state index in [1.165, 1.54) is 17.0 Å². The van der Waals surface area contributed by atoms with Gasteiger partial charge in [0.15, 0.2) is 0 Å². The Bertz CT molecular complexity index is 748. The fraction of sp³-hybridized carbons (Fsp3) is 0.438. The fourth-order valence-corrected chi connectivity index (χ4v) is 2.91. The van der Waals surface area contributed by atoms with Gasteiger partial charge in [-0.15, -0.1) is 0 Å². The van der Waals surface area contributed by atoms with Crippen molar-refractivity contribution in [2.24, 2.45) is 0 Å². The maximum absolute atomic E-state index is 13.1. The minimum absolute atomic E-state index is 0.201. The second-order valence-corrected chi connectivity index (χ2v) is 6.29. The van der Waals surface area contributed by atoms with Gasteiger partial charge in [-0.1, -0.05) is 0 Å². The van der Waals surface area contributed by atoms with Crippen molar-refractivity contribution in [1.82, 2.24) is 4.90 Å². The van der Waals surface area contributed by atoms with E-state index in [0.29, 0.717) is 6.07 Å². The third-order valence-electron chi connectivity index (χ3n) is 3.93. The van der Waals surface area contributed by atoms with E-state index in [-0.39, 0.29) is 11.7 Å². The Morgan fingerprint density at radius 1 is 1.21 bits per heavy atom. The van der Waals surface area contributed by atoms with Crippen LogP contribution < -0.4 is 4.90 Å². The SMILES string of the molecule is CC(C)N1C(=O)N(c2ccc(C#N)c(C(F)(F)F)c2)C(=O)C1(C)C. The van der Waals surface area contributed by atoms with E-state index in [0.717, 1.165) is 11.0 Å². The number of anilines is 1. The molecule has 0 radical (unpaired) electrons. The van der Waals surface area contributed by atoms with Gasteiger partial charge in [0, 0.05) is 6.04 Å². The molecule has 0 bridgehead atoms. The summed E-state index contributed by atoms with van der Waals surface area (Å²) < 4.78 is 39.3. The van der Waals surface area contributed by atoms with Gasteiger partial charge in [-0.05, 0) is 45.9 Å². The number of benzene rings is 1. The van der Waals surface area contributed by atoms with Crippen LogP contribution in [0.5, 0.6) is 0 Å². The number of hydrogen-bond acceptors (Lipinski definition) is 3. The second-order valence-electron chi connectivity index (χ2n) is 6.29. The number of carbonyl (C=O) groups excluding carboxylic acids is 2. The number of urea groups is 1. The number of alkyl halides is 3. The van der Waals surface area contributed by atoms with E-state index in [2.05, 4.69) is 0 Å². The van der Waals surface area contributed by atoms with Crippen molar-refractivity contribution in [1.29, 1.82) is 5.26 Å². The van der Waals surface area contributed by atoms with Crippen molar-refractivity contribution < 1.29 is 22.8 Å². The van der Waals surface area contributed by atoms with Crippen LogP contribution in [0.1, 0.15) is 38.8 Å². The smallest absolute Gasteiger partial charge is 0.307 e. The molecule has 0 saturated carbocycles. The molecular formula is C16H16F3N3O2. The number of nitriles is 1. The Balaban J connectivity index is 2.59. The summed E-state index contributed by atoms with van der Waals surface area (Å²) in [6.07, 6.45) is -4.76. The Morgan fingerprint density at radius 3 is 2.21 bits per heavy atom. The first-order valence-electron chi connectivity index (χ1n) is 7.22. The van der Waals surface area contributed by atoms with Crippen molar-refractivity contribution in [2.45, 2.75) is 45.5 Å². The molecule has 1 aliphatic rings. The molecule has 1 aromatic carbocycles. The third kappa shape index (κ3) is 2.60. The first-order valence-corrected chi connectivity index (χ1v) is 7.22. The summed E-state index contributed by atoms with van der Waals surface area (Å²) in [5, 5.41) is 8.83. The van der Waals surface area contributed by atoms with Gasteiger partial charge in [-0.25, -0.2) is 9.69 Å². The summed E-state index contributed by atoms with van der Waals surface area (Å²) in [5.41, 5.74) is -3.11. The largest absolute Gasteiger partial charge is 0.417 e. The van der Waals surface area contributed by atoms with Crippen molar-refractivity contribution >= 4 is 17.6 Å². The lowest BCUT2D eigenvalue weighted by Crippen LogP contribution is -2.47. The van der Waals surface area contributed by atoms with Crippen molar-refractivity contribution in [3.05, 3.63) is 29.3 Å². The first-order chi connectivity index (χ1) is 10.9. The molecule has 1 aliphatic heterocycles. The van der Waals surface area contributed by atoms with Gasteiger partial charge < -0.3 is 4.90 Å². The second kappa shape index (κ2) is 5.51. The van der Waals surface area contributed by atoms with E-state index < -0.39 is 34.8 Å². The molecule has 128 valence electrons. The first kappa shape index (κ1) is 17.8. The highest BCUT2D eigenvalue weighted by atomic mass is 19.4. The Labute approximate surface area is 137 Å². The average Bonchev–Trinajstić information content (AvgIpc) is 2.63. The summed E-state index contributed by atoms with van der Waals surface area (Å²) in [6, 6.07) is 3.27. The Hall–Kier alpha value is -2.56. The van der Waals surface area contributed by atoms with E-state index in [4.69, 9.17) is 5.26 Å². The molecule has 0 unspecified atom stereocenters. The molecule has 2 rings (SSSR count). The van der Waals surface area contributed by atoms with Crippen LogP contribution in [-0.4, -0.2) is 28.4 Å². The molecular weight excluding hydrogens is 323 g/mol. The van der Waals surface area contributed by atoms with Crippen molar-refractivity contribution in [3.8, 4) is 6.07 Å². The lowest BCUT2D eigenvalue weighted by atomic mass is 10.0.